The standard InChI is InChI=1S/C17H27N3O/c1-4-11-20(16-9-6-10-18-13-16)17(21)14-7-5-8-15(12-14)19(2)3/h5,7-8,12,16,18H,4,6,9-11,13H2,1-3H3. The number of anilines is 1. The lowest BCUT2D eigenvalue weighted by Crippen LogP contribution is -2.49. The fourth-order valence-electron chi connectivity index (χ4n) is 2.87. The zero-order valence-electron chi connectivity index (χ0n) is 13.4. The lowest BCUT2D eigenvalue weighted by molar-refractivity contribution is 0.0649. The summed E-state index contributed by atoms with van der Waals surface area (Å²) < 4.78 is 0. The van der Waals surface area contributed by atoms with E-state index in [4.69, 9.17) is 0 Å². The van der Waals surface area contributed by atoms with Crippen LogP contribution in [-0.2, 0) is 0 Å². The first-order valence-corrected chi connectivity index (χ1v) is 7.92. The van der Waals surface area contributed by atoms with Crippen molar-refractivity contribution in [3.05, 3.63) is 29.8 Å². The van der Waals surface area contributed by atoms with Crippen LogP contribution >= 0.6 is 0 Å². The van der Waals surface area contributed by atoms with E-state index in [1.54, 1.807) is 0 Å². The van der Waals surface area contributed by atoms with Crippen LogP contribution in [0.1, 0.15) is 36.5 Å². The van der Waals surface area contributed by atoms with Crippen molar-refractivity contribution in [2.75, 3.05) is 38.6 Å². The van der Waals surface area contributed by atoms with Crippen molar-refractivity contribution in [3.63, 3.8) is 0 Å². The minimum atomic E-state index is 0.161. The molecule has 1 fully saturated rings. The molecule has 4 heteroatoms. The quantitative estimate of drug-likeness (QED) is 0.904. The Kier molecular flexibility index (Phi) is 5.62. The van der Waals surface area contributed by atoms with Gasteiger partial charge in [-0.15, -0.1) is 0 Å². The van der Waals surface area contributed by atoms with Crippen LogP contribution in [0.4, 0.5) is 5.69 Å². The fraction of sp³-hybridized carbons (Fsp3) is 0.588. The number of piperidine rings is 1. The topological polar surface area (TPSA) is 35.6 Å². The van der Waals surface area contributed by atoms with E-state index in [1.165, 1.54) is 0 Å². The van der Waals surface area contributed by atoms with Gasteiger partial charge >= 0.3 is 0 Å². The molecule has 1 unspecified atom stereocenters. The third kappa shape index (κ3) is 3.97. The molecule has 0 radical (unpaired) electrons. The molecule has 2 rings (SSSR count). The van der Waals surface area contributed by atoms with Crippen LogP contribution in [0, 0.1) is 0 Å². The Labute approximate surface area is 128 Å². The number of nitrogens with zero attached hydrogens (tertiary/aromatic N) is 2. The highest BCUT2D eigenvalue weighted by atomic mass is 16.2. The molecule has 1 saturated heterocycles. The van der Waals surface area contributed by atoms with E-state index in [9.17, 15) is 4.79 Å². The normalized spacial score (nSPS) is 18.3. The number of carbonyl (C=O) groups is 1. The number of amides is 1. The van der Waals surface area contributed by atoms with Gasteiger partial charge in [0.25, 0.3) is 5.91 Å². The molecule has 1 aromatic carbocycles. The van der Waals surface area contributed by atoms with Gasteiger partial charge in [-0.25, -0.2) is 0 Å². The molecular formula is C17H27N3O. The predicted molar refractivity (Wildman–Crippen MR) is 88.0 cm³/mol. The van der Waals surface area contributed by atoms with Crippen molar-refractivity contribution < 1.29 is 4.79 Å². The summed E-state index contributed by atoms with van der Waals surface area (Å²) in [6.45, 7) is 4.95. The summed E-state index contributed by atoms with van der Waals surface area (Å²) in [4.78, 5) is 17.0. The first kappa shape index (κ1) is 15.8. The maximum Gasteiger partial charge on any atom is 0.254 e. The molecular weight excluding hydrogens is 262 g/mol. The van der Waals surface area contributed by atoms with Crippen LogP contribution in [-0.4, -0.2) is 50.6 Å². The first-order valence-electron chi connectivity index (χ1n) is 7.92. The summed E-state index contributed by atoms with van der Waals surface area (Å²) in [5, 5.41) is 3.41. The summed E-state index contributed by atoms with van der Waals surface area (Å²) in [5.74, 6) is 0.161. The fourth-order valence-corrected chi connectivity index (χ4v) is 2.87. The van der Waals surface area contributed by atoms with Gasteiger partial charge in [-0.05, 0) is 44.0 Å². The second kappa shape index (κ2) is 7.46. The summed E-state index contributed by atoms with van der Waals surface area (Å²) in [6, 6.07) is 8.24. The van der Waals surface area contributed by atoms with Gasteiger partial charge in [0.2, 0.25) is 0 Å². The third-order valence-electron chi connectivity index (χ3n) is 4.05. The van der Waals surface area contributed by atoms with E-state index >= 15 is 0 Å². The zero-order valence-corrected chi connectivity index (χ0v) is 13.4. The van der Waals surface area contributed by atoms with Gasteiger partial charge in [0.05, 0.1) is 0 Å². The molecule has 1 aromatic rings. The number of rotatable bonds is 5. The van der Waals surface area contributed by atoms with Crippen LogP contribution in [0.3, 0.4) is 0 Å². The summed E-state index contributed by atoms with van der Waals surface area (Å²) in [6.07, 6.45) is 3.25. The Morgan fingerprint density at radius 2 is 2.19 bits per heavy atom. The molecule has 0 aliphatic carbocycles. The lowest BCUT2D eigenvalue weighted by atomic mass is 10.0. The monoisotopic (exact) mass is 289 g/mol. The molecule has 21 heavy (non-hydrogen) atoms. The van der Waals surface area contributed by atoms with Crippen LogP contribution in [0.25, 0.3) is 0 Å². The second-order valence-electron chi connectivity index (χ2n) is 5.94. The average molecular weight is 289 g/mol. The molecule has 0 aromatic heterocycles. The highest BCUT2D eigenvalue weighted by molar-refractivity contribution is 5.95. The highest BCUT2D eigenvalue weighted by Crippen LogP contribution is 2.18. The van der Waals surface area contributed by atoms with E-state index in [2.05, 4.69) is 17.1 Å². The predicted octanol–water partition coefficient (Wildman–Crippen LogP) is 2.36. The van der Waals surface area contributed by atoms with Crippen molar-refractivity contribution in [1.82, 2.24) is 10.2 Å². The number of hydrogen-bond donors (Lipinski definition) is 1. The van der Waals surface area contributed by atoms with Gasteiger partial charge in [-0.1, -0.05) is 13.0 Å². The van der Waals surface area contributed by atoms with Crippen molar-refractivity contribution >= 4 is 11.6 Å². The molecule has 1 N–H and O–H groups in total. The molecule has 0 spiro atoms. The maximum atomic E-state index is 12.9. The van der Waals surface area contributed by atoms with E-state index in [0.717, 1.165) is 50.1 Å². The van der Waals surface area contributed by atoms with Gasteiger partial charge in [-0.3, -0.25) is 4.79 Å². The van der Waals surface area contributed by atoms with Crippen molar-refractivity contribution in [1.29, 1.82) is 0 Å². The SMILES string of the molecule is CCCN(C(=O)c1cccc(N(C)C)c1)C1CCCNC1. The van der Waals surface area contributed by atoms with Gasteiger partial charge in [0.15, 0.2) is 0 Å². The minimum Gasteiger partial charge on any atom is -0.378 e. The van der Waals surface area contributed by atoms with E-state index in [1.807, 2.05) is 43.3 Å². The van der Waals surface area contributed by atoms with Crippen molar-refractivity contribution in [2.24, 2.45) is 0 Å². The maximum absolute atomic E-state index is 12.9. The molecule has 1 amide bonds. The molecule has 116 valence electrons. The smallest absolute Gasteiger partial charge is 0.254 e. The van der Waals surface area contributed by atoms with Gasteiger partial charge in [-0.2, -0.15) is 0 Å². The Bertz CT molecular complexity index is 467. The summed E-state index contributed by atoms with van der Waals surface area (Å²) >= 11 is 0. The van der Waals surface area contributed by atoms with Crippen molar-refractivity contribution in [3.8, 4) is 0 Å². The van der Waals surface area contributed by atoms with Crippen LogP contribution in [0.15, 0.2) is 24.3 Å². The third-order valence-corrected chi connectivity index (χ3v) is 4.05. The number of carbonyl (C=O) groups excluding carboxylic acids is 1. The van der Waals surface area contributed by atoms with E-state index in [-0.39, 0.29) is 5.91 Å². The number of nitrogens with one attached hydrogen (secondary N) is 1. The molecule has 1 aliphatic rings. The Balaban J connectivity index is 2.19. The van der Waals surface area contributed by atoms with E-state index < -0.39 is 0 Å². The molecule has 1 aliphatic heterocycles. The van der Waals surface area contributed by atoms with Crippen molar-refractivity contribution in [2.45, 2.75) is 32.2 Å². The Morgan fingerprint density at radius 3 is 2.81 bits per heavy atom. The van der Waals surface area contributed by atoms with Gasteiger partial charge < -0.3 is 15.1 Å². The van der Waals surface area contributed by atoms with Crippen LogP contribution in [0.5, 0.6) is 0 Å². The molecule has 0 saturated carbocycles. The largest absolute Gasteiger partial charge is 0.378 e. The van der Waals surface area contributed by atoms with Gasteiger partial charge in [0, 0.05) is 44.5 Å². The van der Waals surface area contributed by atoms with Gasteiger partial charge in [0.1, 0.15) is 0 Å². The summed E-state index contributed by atoms with van der Waals surface area (Å²) in [5.41, 5.74) is 1.86. The zero-order chi connectivity index (χ0) is 15.2. The molecule has 1 heterocycles. The highest BCUT2D eigenvalue weighted by Gasteiger charge is 2.25. The first-order chi connectivity index (χ1) is 10.1. The molecule has 1 atom stereocenters. The second-order valence-corrected chi connectivity index (χ2v) is 5.94. The average Bonchev–Trinajstić information content (AvgIpc) is 2.53. The Hall–Kier alpha value is -1.55. The number of benzene rings is 1. The van der Waals surface area contributed by atoms with Crippen LogP contribution < -0.4 is 10.2 Å². The summed E-state index contributed by atoms with van der Waals surface area (Å²) in [7, 11) is 4.00. The van der Waals surface area contributed by atoms with Crippen LogP contribution in [0.2, 0.25) is 0 Å². The van der Waals surface area contributed by atoms with E-state index in [0.29, 0.717) is 6.04 Å². The number of hydrogen-bond acceptors (Lipinski definition) is 3. The lowest BCUT2D eigenvalue weighted by Gasteiger charge is -2.34. The molecule has 4 nitrogen and oxygen atoms in total. The minimum absolute atomic E-state index is 0.161. The molecule has 0 bridgehead atoms. The Morgan fingerprint density at radius 1 is 1.38 bits per heavy atom.